The quantitative estimate of drug-likeness (QED) is 0.837. The average molecular weight is 248 g/mol. The Hall–Kier alpha value is -0.860. The van der Waals surface area contributed by atoms with Crippen molar-refractivity contribution in [2.75, 3.05) is 13.1 Å². The van der Waals surface area contributed by atoms with E-state index in [1.54, 1.807) is 0 Å². The van der Waals surface area contributed by atoms with Crippen molar-refractivity contribution in [1.82, 2.24) is 4.90 Å². The maximum atomic E-state index is 6.28. The number of nitrogens with zero attached hydrogens (tertiary/aromatic N) is 1. The number of hydrogen-bond acceptors (Lipinski definition) is 2. The lowest BCUT2D eigenvalue weighted by molar-refractivity contribution is 0.112. The monoisotopic (exact) mass is 248 g/mol. The third kappa shape index (κ3) is 4.11. The molecule has 2 heteroatoms. The van der Waals surface area contributed by atoms with E-state index in [2.05, 4.69) is 69.9 Å². The third-order valence-electron chi connectivity index (χ3n) is 4.06. The van der Waals surface area contributed by atoms with Crippen LogP contribution < -0.4 is 5.73 Å². The van der Waals surface area contributed by atoms with E-state index in [1.807, 2.05) is 0 Å². The van der Waals surface area contributed by atoms with Crippen LogP contribution in [0.1, 0.15) is 40.2 Å². The van der Waals surface area contributed by atoms with Crippen LogP contribution in [-0.4, -0.2) is 23.5 Å². The lowest BCUT2D eigenvalue weighted by atomic mass is 9.75. The summed E-state index contributed by atoms with van der Waals surface area (Å²) >= 11 is 0. The molecule has 0 saturated carbocycles. The van der Waals surface area contributed by atoms with Crippen LogP contribution in [0.3, 0.4) is 0 Å². The Bertz CT molecular complexity index is 349. The maximum absolute atomic E-state index is 6.28. The lowest BCUT2D eigenvalue weighted by Crippen LogP contribution is -2.52. The van der Waals surface area contributed by atoms with E-state index < -0.39 is 0 Å². The SMILES string of the molecule is CCN(Cc1ccccc1)CC(C)(C)C(C)(C)N. The Morgan fingerprint density at radius 3 is 2.06 bits per heavy atom. The Morgan fingerprint density at radius 1 is 1.06 bits per heavy atom. The van der Waals surface area contributed by atoms with Crippen molar-refractivity contribution < 1.29 is 0 Å². The van der Waals surface area contributed by atoms with Gasteiger partial charge in [-0.3, -0.25) is 4.90 Å². The second-order valence-corrected chi connectivity index (χ2v) is 6.39. The highest BCUT2D eigenvalue weighted by Gasteiger charge is 2.34. The molecule has 2 nitrogen and oxygen atoms in total. The van der Waals surface area contributed by atoms with Gasteiger partial charge in [0.05, 0.1) is 0 Å². The van der Waals surface area contributed by atoms with E-state index in [1.165, 1.54) is 5.56 Å². The van der Waals surface area contributed by atoms with Crippen LogP contribution in [0.5, 0.6) is 0 Å². The first kappa shape index (κ1) is 15.2. The van der Waals surface area contributed by atoms with Crippen LogP contribution in [0.15, 0.2) is 30.3 Å². The molecule has 0 aromatic heterocycles. The Balaban J connectivity index is 2.69. The molecule has 2 N–H and O–H groups in total. The van der Waals surface area contributed by atoms with E-state index in [4.69, 9.17) is 5.73 Å². The second-order valence-electron chi connectivity index (χ2n) is 6.39. The number of nitrogens with two attached hydrogens (primary N) is 1. The first-order valence-electron chi connectivity index (χ1n) is 6.81. The normalized spacial score (nSPS) is 13.1. The van der Waals surface area contributed by atoms with Crippen molar-refractivity contribution in [1.29, 1.82) is 0 Å². The molecule has 0 spiro atoms. The molecule has 0 aliphatic heterocycles. The standard InChI is InChI=1S/C16H28N2/c1-6-18(12-14-10-8-7-9-11-14)13-15(2,3)16(4,5)17/h7-11H,6,12-13,17H2,1-5H3. The Labute approximate surface area is 112 Å². The van der Waals surface area contributed by atoms with Crippen molar-refractivity contribution in [3.63, 3.8) is 0 Å². The van der Waals surface area contributed by atoms with Gasteiger partial charge in [-0.2, -0.15) is 0 Å². The Kier molecular flexibility index (Phi) is 4.94. The fourth-order valence-electron chi connectivity index (χ4n) is 1.88. The van der Waals surface area contributed by atoms with Crippen LogP contribution in [0.2, 0.25) is 0 Å². The summed E-state index contributed by atoms with van der Waals surface area (Å²) in [5.74, 6) is 0. The van der Waals surface area contributed by atoms with E-state index in [0.29, 0.717) is 0 Å². The van der Waals surface area contributed by atoms with Gasteiger partial charge in [0.15, 0.2) is 0 Å². The molecular weight excluding hydrogens is 220 g/mol. The topological polar surface area (TPSA) is 29.3 Å². The van der Waals surface area contributed by atoms with Gasteiger partial charge in [-0.1, -0.05) is 51.1 Å². The number of benzene rings is 1. The number of hydrogen-bond donors (Lipinski definition) is 1. The van der Waals surface area contributed by atoms with Gasteiger partial charge in [-0.25, -0.2) is 0 Å². The van der Waals surface area contributed by atoms with Crippen LogP contribution in [0, 0.1) is 5.41 Å². The van der Waals surface area contributed by atoms with Gasteiger partial charge in [0, 0.05) is 18.6 Å². The van der Waals surface area contributed by atoms with Crippen LogP contribution in [-0.2, 0) is 6.54 Å². The third-order valence-corrected chi connectivity index (χ3v) is 4.06. The van der Waals surface area contributed by atoms with Crippen LogP contribution in [0.25, 0.3) is 0 Å². The van der Waals surface area contributed by atoms with Crippen molar-refractivity contribution in [2.45, 2.75) is 46.7 Å². The maximum Gasteiger partial charge on any atom is 0.0233 e. The minimum Gasteiger partial charge on any atom is -0.325 e. The summed E-state index contributed by atoms with van der Waals surface area (Å²) in [5, 5.41) is 0. The molecule has 0 heterocycles. The average Bonchev–Trinajstić information content (AvgIpc) is 2.27. The summed E-state index contributed by atoms with van der Waals surface area (Å²) in [7, 11) is 0. The minimum absolute atomic E-state index is 0.0950. The molecule has 0 fully saturated rings. The molecule has 0 amide bonds. The molecule has 0 bridgehead atoms. The van der Waals surface area contributed by atoms with Gasteiger partial charge in [0.2, 0.25) is 0 Å². The van der Waals surface area contributed by atoms with Crippen LogP contribution >= 0.6 is 0 Å². The first-order valence-corrected chi connectivity index (χ1v) is 6.81. The van der Waals surface area contributed by atoms with Crippen molar-refractivity contribution >= 4 is 0 Å². The Morgan fingerprint density at radius 2 is 1.61 bits per heavy atom. The highest BCUT2D eigenvalue weighted by Crippen LogP contribution is 2.29. The molecule has 0 atom stereocenters. The second kappa shape index (κ2) is 5.85. The molecule has 1 aromatic carbocycles. The summed E-state index contributed by atoms with van der Waals surface area (Å²) in [6.45, 7) is 14.0. The molecular formula is C16H28N2. The number of rotatable bonds is 6. The van der Waals surface area contributed by atoms with Gasteiger partial charge < -0.3 is 5.73 Å². The fraction of sp³-hybridized carbons (Fsp3) is 0.625. The molecule has 0 unspecified atom stereocenters. The molecule has 0 aliphatic carbocycles. The van der Waals surface area contributed by atoms with Gasteiger partial charge in [-0.05, 0) is 31.4 Å². The predicted octanol–water partition coefficient (Wildman–Crippen LogP) is 3.27. The smallest absolute Gasteiger partial charge is 0.0233 e. The molecule has 0 aliphatic rings. The zero-order valence-corrected chi connectivity index (χ0v) is 12.5. The van der Waals surface area contributed by atoms with Crippen molar-refractivity contribution in [3.8, 4) is 0 Å². The highest BCUT2D eigenvalue weighted by atomic mass is 15.1. The lowest BCUT2D eigenvalue weighted by Gasteiger charge is -2.42. The highest BCUT2D eigenvalue weighted by molar-refractivity contribution is 5.14. The summed E-state index contributed by atoms with van der Waals surface area (Å²) < 4.78 is 0. The predicted molar refractivity (Wildman–Crippen MR) is 79.4 cm³/mol. The molecule has 0 radical (unpaired) electrons. The summed E-state index contributed by atoms with van der Waals surface area (Å²) in [5.41, 5.74) is 7.57. The largest absolute Gasteiger partial charge is 0.325 e. The van der Waals surface area contributed by atoms with E-state index in [9.17, 15) is 0 Å². The van der Waals surface area contributed by atoms with Gasteiger partial charge in [-0.15, -0.1) is 0 Å². The molecule has 1 aromatic rings. The summed E-state index contributed by atoms with van der Waals surface area (Å²) in [4.78, 5) is 2.46. The first-order chi connectivity index (χ1) is 8.26. The van der Waals surface area contributed by atoms with E-state index in [-0.39, 0.29) is 11.0 Å². The minimum atomic E-state index is -0.170. The summed E-state index contributed by atoms with van der Waals surface area (Å²) in [6, 6.07) is 10.6. The van der Waals surface area contributed by atoms with Gasteiger partial charge in [0.1, 0.15) is 0 Å². The zero-order chi connectivity index (χ0) is 13.8. The van der Waals surface area contributed by atoms with Crippen molar-refractivity contribution in [2.24, 2.45) is 11.1 Å². The summed E-state index contributed by atoms with van der Waals surface area (Å²) in [6.07, 6.45) is 0. The van der Waals surface area contributed by atoms with Gasteiger partial charge in [0.25, 0.3) is 0 Å². The fourth-order valence-corrected chi connectivity index (χ4v) is 1.88. The molecule has 0 saturated heterocycles. The van der Waals surface area contributed by atoms with E-state index >= 15 is 0 Å². The molecule has 102 valence electrons. The van der Waals surface area contributed by atoms with Gasteiger partial charge >= 0.3 is 0 Å². The van der Waals surface area contributed by atoms with Crippen molar-refractivity contribution in [3.05, 3.63) is 35.9 Å². The molecule has 1 rings (SSSR count). The van der Waals surface area contributed by atoms with E-state index in [0.717, 1.165) is 19.6 Å². The molecule has 18 heavy (non-hydrogen) atoms. The van der Waals surface area contributed by atoms with Crippen LogP contribution in [0.4, 0.5) is 0 Å². The zero-order valence-electron chi connectivity index (χ0n) is 12.5.